The largest absolute Gasteiger partial charge is 0.309 e. The molecule has 3 aromatic heterocycles. The summed E-state index contributed by atoms with van der Waals surface area (Å²) in [5, 5.41) is 4.34. The Bertz CT molecular complexity index is 4090. The highest BCUT2D eigenvalue weighted by Gasteiger charge is 2.38. The molecule has 0 radical (unpaired) electrons. The average molecular weight is 854 g/mol. The Morgan fingerprint density at radius 2 is 1.05 bits per heavy atom. The van der Waals surface area contributed by atoms with Crippen LogP contribution >= 0.6 is 11.3 Å². The number of fused-ring (bicyclic) bond motifs is 9. The van der Waals surface area contributed by atoms with E-state index >= 15 is 0 Å². The molecule has 0 aliphatic heterocycles. The zero-order valence-electron chi connectivity index (χ0n) is 40.4. The first kappa shape index (κ1) is 32.7. The molecule has 0 unspecified atom stereocenters. The minimum atomic E-state index is -0.481. The van der Waals surface area contributed by atoms with E-state index in [1.54, 1.807) is 11.3 Å². The van der Waals surface area contributed by atoms with Gasteiger partial charge < -0.3 is 4.57 Å². The third kappa shape index (κ3) is 5.93. The van der Waals surface area contributed by atoms with Crippen molar-refractivity contribution >= 4 is 53.3 Å². The van der Waals surface area contributed by atoms with Gasteiger partial charge in [0.2, 0.25) is 0 Å². The topological polar surface area (TPSA) is 43.6 Å². The van der Waals surface area contributed by atoms with Crippen molar-refractivity contribution in [1.29, 1.82) is 0 Å². The number of benzene rings is 9. The fourth-order valence-electron chi connectivity index (χ4n) is 10.2. The maximum Gasteiger partial charge on any atom is 0.165 e. The van der Waals surface area contributed by atoms with Crippen molar-refractivity contribution in [3.63, 3.8) is 0 Å². The predicted octanol–water partition coefficient (Wildman–Crippen LogP) is 16.0. The van der Waals surface area contributed by atoms with E-state index in [0.29, 0.717) is 11.6 Å². The van der Waals surface area contributed by atoms with Crippen LogP contribution < -0.4 is 0 Å². The van der Waals surface area contributed by atoms with Crippen molar-refractivity contribution in [2.24, 2.45) is 0 Å². The molecule has 0 saturated carbocycles. The first-order valence-corrected chi connectivity index (χ1v) is 22.6. The van der Waals surface area contributed by atoms with E-state index in [4.69, 9.17) is 21.8 Å². The van der Waals surface area contributed by atoms with Crippen molar-refractivity contribution in [2.45, 2.75) is 19.3 Å². The van der Waals surface area contributed by atoms with E-state index in [-0.39, 0.29) is 23.5 Å². The Balaban J connectivity index is 1.12. The third-order valence-corrected chi connectivity index (χ3v) is 14.3. The van der Waals surface area contributed by atoms with E-state index in [1.807, 2.05) is 18.2 Å². The molecule has 9 aromatic carbocycles. The van der Waals surface area contributed by atoms with Gasteiger partial charge in [0.05, 0.1) is 17.9 Å². The van der Waals surface area contributed by atoms with Crippen LogP contribution in [0.3, 0.4) is 0 Å². The summed E-state index contributed by atoms with van der Waals surface area (Å²) in [5.41, 5.74) is 12.9. The van der Waals surface area contributed by atoms with E-state index in [9.17, 15) is 0 Å². The van der Waals surface area contributed by atoms with Gasteiger partial charge in [0.15, 0.2) is 17.5 Å². The van der Waals surface area contributed by atoms with Gasteiger partial charge in [0.25, 0.3) is 0 Å². The van der Waals surface area contributed by atoms with Crippen LogP contribution in [0.5, 0.6) is 0 Å². The van der Waals surface area contributed by atoms with Gasteiger partial charge in [-0.05, 0) is 87.0 Å². The lowest BCUT2D eigenvalue weighted by Gasteiger charge is -2.24. The average Bonchev–Trinajstić information content (AvgIpc) is 4.02. The maximum atomic E-state index is 9.16. The number of hydrogen-bond donors (Lipinski definition) is 0. The molecule has 0 amide bonds. The van der Waals surface area contributed by atoms with Gasteiger partial charge in [-0.15, -0.1) is 11.3 Å². The molecule has 3 heterocycles. The van der Waals surface area contributed by atoms with E-state index in [1.165, 1.54) is 5.56 Å². The van der Waals surface area contributed by atoms with Crippen LogP contribution in [0.1, 0.15) is 31.8 Å². The number of para-hydroxylation sites is 2. The lowest BCUT2D eigenvalue weighted by molar-refractivity contribution is 0.661. The highest BCUT2D eigenvalue weighted by atomic mass is 32.1. The summed E-state index contributed by atoms with van der Waals surface area (Å²) in [5.74, 6) is 0.675. The molecule has 0 spiro atoms. The molecule has 0 saturated heterocycles. The first-order valence-electron chi connectivity index (χ1n) is 24.3. The van der Waals surface area contributed by atoms with Gasteiger partial charge in [-0.2, -0.15) is 0 Å². The smallest absolute Gasteiger partial charge is 0.165 e. The van der Waals surface area contributed by atoms with Crippen LogP contribution in [0.4, 0.5) is 0 Å². The molecular formula is C60H40N4S. The van der Waals surface area contributed by atoms with Crippen LogP contribution in [0.25, 0.3) is 115 Å². The second kappa shape index (κ2) is 14.5. The standard InChI is InChI=1S/C60H40N4S/c1-60(2)51-28-12-9-23-43(51)46-26-16-27-47(55(46)60)58-61-57(38-19-7-4-8-20-38)62-59(63-58)50-36-42(64-52-29-13-10-24-44(52)45-25-11-14-30-53(45)64)35-49-48-34-41(31-32-54(48)65-56(49)50)40-22-15-21-39(33-40)37-17-5-3-6-18-37/h3-36H,1-2H3/i4D,7D,8D,19D,20D. The van der Waals surface area contributed by atoms with Crippen LogP contribution in [0.2, 0.25) is 0 Å². The normalized spacial score (nSPS) is 14.0. The molecule has 12 aromatic rings. The summed E-state index contributed by atoms with van der Waals surface area (Å²) < 4.78 is 48.5. The zero-order valence-corrected chi connectivity index (χ0v) is 36.3. The van der Waals surface area contributed by atoms with Gasteiger partial charge in [0.1, 0.15) is 0 Å². The van der Waals surface area contributed by atoms with Crippen molar-refractivity contribution in [2.75, 3.05) is 0 Å². The summed E-state index contributed by atoms with van der Waals surface area (Å²) in [6.45, 7) is 4.42. The molecule has 0 atom stereocenters. The van der Waals surface area contributed by atoms with Gasteiger partial charge in [0, 0.05) is 58.7 Å². The molecular weight excluding hydrogens is 809 g/mol. The molecule has 1 aliphatic carbocycles. The number of rotatable bonds is 6. The zero-order chi connectivity index (χ0) is 47.6. The van der Waals surface area contributed by atoms with Crippen molar-refractivity contribution in [3.8, 4) is 73.2 Å². The maximum absolute atomic E-state index is 9.16. The molecule has 306 valence electrons. The molecule has 0 fully saturated rings. The number of thiophene rings is 1. The Morgan fingerprint density at radius 3 is 1.83 bits per heavy atom. The van der Waals surface area contributed by atoms with Gasteiger partial charge in [-0.3, -0.25) is 0 Å². The van der Waals surface area contributed by atoms with Crippen LogP contribution in [-0.2, 0) is 5.41 Å². The van der Waals surface area contributed by atoms with Crippen molar-refractivity contribution < 1.29 is 6.85 Å². The lowest BCUT2D eigenvalue weighted by Crippen LogP contribution is -2.17. The Morgan fingerprint density at radius 1 is 0.446 bits per heavy atom. The summed E-state index contributed by atoms with van der Waals surface area (Å²) in [6.07, 6.45) is 0. The van der Waals surface area contributed by atoms with Crippen LogP contribution in [-0.4, -0.2) is 19.5 Å². The van der Waals surface area contributed by atoms with Crippen LogP contribution in [0, 0.1) is 0 Å². The summed E-state index contributed by atoms with van der Waals surface area (Å²) in [7, 11) is 0. The van der Waals surface area contributed by atoms with E-state index in [0.717, 1.165) is 97.7 Å². The fourth-order valence-corrected chi connectivity index (χ4v) is 11.3. The molecule has 5 heteroatoms. The molecule has 4 nitrogen and oxygen atoms in total. The molecule has 65 heavy (non-hydrogen) atoms. The number of nitrogens with zero attached hydrogens (tertiary/aromatic N) is 4. The van der Waals surface area contributed by atoms with Gasteiger partial charge >= 0.3 is 0 Å². The fraction of sp³-hybridized carbons (Fsp3) is 0.0500. The van der Waals surface area contributed by atoms with E-state index in [2.05, 4.69) is 176 Å². The first-order chi connectivity index (χ1) is 34.0. The number of hydrogen-bond acceptors (Lipinski definition) is 4. The van der Waals surface area contributed by atoms with Crippen molar-refractivity contribution in [1.82, 2.24) is 19.5 Å². The highest BCUT2D eigenvalue weighted by Crippen LogP contribution is 2.52. The summed E-state index contributed by atoms with van der Waals surface area (Å²) >= 11 is 1.66. The van der Waals surface area contributed by atoms with Gasteiger partial charge in [-0.1, -0.05) is 178 Å². The second-order valence-corrected chi connectivity index (χ2v) is 18.3. The van der Waals surface area contributed by atoms with Crippen LogP contribution in [0.15, 0.2) is 206 Å². The number of aromatic nitrogens is 4. The molecule has 0 bridgehead atoms. The lowest BCUT2D eigenvalue weighted by atomic mass is 9.80. The summed E-state index contributed by atoms with van der Waals surface area (Å²) in [4.78, 5) is 15.7. The molecule has 0 N–H and O–H groups in total. The predicted molar refractivity (Wildman–Crippen MR) is 272 cm³/mol. The molecule has 13 rings (SSSR count). The quantitative estimate of drug-likeness (QED) is 0.167. The summed E-state index contributed by atoms with van der Waals surface area (Å²) in [6, 6.07) is 59.5. The monoisotopic (exact) mass is 853 g/mol. The van der Waals surface area contributed by atoms with Gasteiger partial charge in [-0.25, -0.2) is 15.0 Å². The Kier molecular flexibility index (Phi) is 7.30. The minimum Gasteiger partial charge on any atom is -0.309 e. The second-order valence-electron chi connectivity index (χ2n) is 17.2. The minimum absolute atomic E-state index is 0.0000300. The van der Waals surface area contributed by atoms with E-state index < -0.39 is 23.5 Å². The third-order valence-electron chi connectivity index (χ3n) is 13.1. The Labute approximate surface area is 387 Å². The molecule has 1 aliphatic rings. The van der Waals surface area contributed by atoms with Crippen molar-refractivity contribution in [3.05, 3.63) is 217 Å². The SMILES string of the molecule is [2H]c1c([2H])c([2H])c(-c2nc(-c3cccc4c3C(C)(C)c3ccccc3-4)nc(-c3cc(-n4c5ccccc5c5ccccc54)cc4c3sc3ccc(-c5cccc(-c6ccccc6)c5)cc34)n2)c([2H])c1[2H]. The highest BCUT2D eigenvalue weighted by molar-refractivity contribution is 7.26. The Hall–Kier alpha value is -7.99.